The van der Waals surface area contributed by atoms with Crippen LogP contribution in [0.3, 0.4) is 0 Å². The van der Waals surface area contributed by atoms with Crippen LogP contribution >= 0.6 is 0 Å². The molecule has 0 aliphatic carbocycles. The Bertz CT molecular complexity index is 1000. The lowest BCUT2D eigenvalue weighted by atomic mass is 10.1. The van der Waals surface area contributed by atoms with Crippen molar-refractivity contribution in [2.45, 2.75) is 18.4 Å². The van der Waals surface area contributed by atoms with Crippen molar-refractivity contribution in [3.8, 4) is 0 Å². The number of ether oxygens (including phenoxy) is 1. The van der Waals surface area contributed by atoms with E-state index in [9.17, 15) is 22.8 Å². The van der Waals surface area contributed by atoms with E-state index in [1.165, 1.54) is 0 Å². The predicted octanol–water partition coefficient (Wildman–Crippen LogP) is 0.189. The number of nitrogens with zero attached hydrogens (tertiary/aromatic N) is 3. The monoisotopic (exact) mass is 420 g/mol. The molecule has 0 spiro atoms. The molecule has 0 saturated carbocycles. The SMILES string of the molecule is CCOC(=O)c1cc(S(=O)(=O)N2CC(=O)N(CCc3ccccc3)C(=O)C2)[nH]n1. The van der Waals surface area contributed by atoms with Crippen molar-refractivity contribution in [1.29, 1.82) is 0 Å². The molecule has 1 saturated heterocycles. The first kappa shape index (κ1) is 20.7. The van der Waals surface area contributed by atoms with Gasteiger partial charge in [0.05, 0.1) is 19.7 Å². The van der Waals surface area contributed by atoms with Crippen LogP contribution in [0.15, 0.2) is 41.4 Å². The van der Waals surface area contributed by atoms with Gasteiger partial charge in [-0.25, -0.2) is 13.2 Å². The molecule has 2 heterocycles. The number of sulfonamides is 1. The van der Waals surface area contributed by atoms with E-state index >= 15 is 0 Å². The number of benzene rings is 1. The Hall–Kier alpha value is -3.05. The molecule has 0 radical (unpaired) electrons. The van der Waals surface area contributed by atoms with E-state index in [1.54, 1.807) is 6.92 Å². The third-order valence-electron chi connectivity index (χ3n) is 4.35. The Morgan fingerprint density at radius 1 is 1.17 bits per heavy atom. The number of aromatic amines is 1. The molecule has 1 aromatic heterocycles. The summed E-state index contributed by atoms with van der Waals surface area (Å²) in [5, 5.41) is 5.49. The van der Waals surface area contributed by atoms with Gasteiger partial charge in [-0.2, -0.15) is 9.40 Å². The third-order valence-corrected chi connectivity index (χ3v) is 6.05. The van der Waals surface area contributed by atoms with Crippen LogP contribution in [0.5, 0.6) is 0 Å². The molecule has 11 heteroatoms. The van der Waals surface area contributed by atoms with Gasteiger partial charge in [0.15, 0.2) is 10.7 Å². The first-order chi connectivity index (χ1) is 13.8. The maximum absolute atomic E-state index is 12.7. The Morgan fingerprint density at radius 3 is 2.45 bits per heavy atom. The zero-order valence-corrected chi connectivity index (χ0v) is 16.5. The van der Waals surface area contributed by atoms with E-state index in [0.29, 0.717) is 6.42 Å². The predicted molar refractivity (Wildman–Crippen MR) is 100 cm³/mol. The molecule has 3 rings (SSSR count). The lowest BCUT2D eigenvalue weighted by Crippen LogP contribution is -2.55. The number of esters is 1. The van der Waals surface area contributed by atoms with Crippen molar-refractivity contribution in [2.75, 3.05) is 26.2 Å². The van der Waals surface area contributed by atoms with Gasteiger partial charge in [-0.05, 0) is 18.9 Å². The van der Waals surface area contributed by atoms with Gasteiger partial charge in [0.2, 0.25) is 11.8 Å². The van der Waals surface area contributed by atoms with Crippen molar-refractivity contribution in [3.05, 3.63) is 47.7 Å². The molecule has 0 bridgehead atoms. The summed E-state index contributed by atoms with van der Waals surface area (Å²) in [6.07, 6.45) is 0.481. The highest BCUT2D eigenvalue weighted by Gasteiger charge is 2.38. The smallest absolute Gasteiger partial charge is 0.358 e. The molecule has 2 aromatic rings. The van der Waals surface area contributed by atoms with Crippen LogP contribution in [-0.2, 0) is 30.8 Å². The zero-order chi connectivity index (χ0) is 21.0. The number of nitrogens with one attached hydrogen (secondary N) is 1. The van der Waals surface area contributed by atoms with Gasteiger partial charge in [0.1, 0.15) is 0 Å². The van der Waals surface area contributed by atoms with Crippen LogP contribution < -0.4 is 0 Å². The number of amides is 2. The average Bonchev–Trinajstić information content (AvgIpc) is 3.19. The van der Waals surface area contributed by atoms with Crippen molar-refractivity contribution in [1.82, 2.24) is 19.4 Å². The molecule has 29 heavy (non-hydrogen) atoms. The first-order valence-corrected chi connectivity index (χ1v) is 10.4. The lowest BCUT2D eigenvalue weighted by Gasteiger charge is -2.31. The number of carbonyl (C=O) groups is 3. The maximum Gasteiger partial charge on any atom is 0.358 e. The Balaban J connectivity index is 1.69. The number of imide groups is 1. The highest BCUT2D eigenvalue weighted by atomic mass is 32.2. The van der Waals surface area contributed by atoms with Crippen LogP contribution in [-0.4, -0.2) is 71.8 Å². The second-order valence-electron chi connectivity index (χ2n) is 6.29. The van der Waals surface area contributed by atoms with E-state index in [1.807, 2.05) is 30.3 Å². The summed E-state index contributed by atoms with van der Waals surface area (Å²) >= 11 is 0. The molecule has 1 aliphatic rings. The highest BCUT2D eigenvalue weighted by Crippen LogP contribution is 2.18. The highest BCUT2D eigenvalue weighted by molar-refractivity contribution is 7.89. The van der Waals surface area contributed by atoms with Gasteiger partial charge >= 0.3 is 5.97 Å². The fraction of sp³-hybridized carbons (Fsp3) is 0.333. The Labute approximate surface area is 167 Å². The van der Waals surface area contributed by atoms with Crippen molar-refractivity contribution in [2.24, 2.45) is 0 Å². The summed E-state index contributed by atoms with van der Waals surface area (Å²) in [4.78, 5) is 37.6. The summed E-state index contributed by atoms with van der Waals surface area (Å²) < 4.78 is 31.0. The third kappa shape index (κ3) is 4.51. The summed E-state index contributed by atoms with van der Waals surface area (Å²) in [5.74, 6) is -1.99. The molecule has 0 atom stereocenters. The fourth-order valence-corrected chi connectivity index (χ4v) is 4.12. The van der Waals surface area contributed by atoms with E-state index in [-0.39, 0.29) is 23.9 Å². The minimum absolute atomic E-state index is 0.113. The van der Waals surface area contributed by atoms with Crippen LogP contribution in [0.4, 0.5) is 0 Å². The molecular weight excluding hydrogens is 400 g/mol. The molecule has 2 amide bonds. The largest absolute Gasteiger partial charge is 0.461 e. The van der Waals surface area contributed by atoms with Gasteiger partial charge in [0.25, 0.3) is 10.0 Å². The summed E-state index contributed by atoms with van der Waals surface area (Å²) in [5.41, 5.74) is 0.761. The quantitative estimate of drug-likeness (QED) is 0.500. The van der Waals surface area contributed by atoms with Gasteiger partial charge in [-0.15, -0.1) is 0 Å². The number of rotatable bonds is 7. The topological polar surface area (TPSA) is 130 Å². The molecule has 1 fully saturated rings. The van der Waals surface area contributed by atoms with E-state index in [0.717, 1.165) is 20.8 Å². The van der Waals surface area contributed by atoms with Gasteiger partial charge in [-0.1, -0.05) is 30.3 Å². The standard InChI is InChI=1S/C18H20N4O6S/c1-2-28-18(25)14-10-15(20-19-14)29(26,27)21-11-16(23)22(17(24)12-21)9-8-13-6-4-3-5-7-13/h3-7,10H,2,8-9,11-12H2,1H3,(H,19,20). The van der Waals surface area contributed by atoms with Crippen LogP contribution in [0.2, 0.25) is 0 Å². The molecular formula is C18H20N4O6S. The van der Waals surface area contributed by atoms with E-state index < -0.39 is 40.9 Å². The Morgan fingerprint density at radius 2 is 1.83 bits per heavy atom. The number of aromatic nitrogens is 2. The van der Waals surface area contributed by atoms with Crippen molar-refractivity contribution < 1.29 is 27.5 Å². The summed E-state index contributed by atoms with van der Waals surface area (Å²) in [6, 6.07) is 10.4. The second kappa shape index (κ2) is 8.53. The number of hydrogen-bond acceptors (Lipinski definition) is 7. The number of carbonyl (C=O) groups excluding carboxylic acids is 3. The van der Waals surface area contributed by atoms with Gasteiger partial charge in [-0.3, -0.25) is 19.6 Å². The molecule has 154 valence electrons. The first-order valence-electron chi connectivity index (χ1n) is 8.92. The molecule has 1 N–H and O–H groups in total. The van der Waals surface area contributed by atoms with E-state index in [2.05, 4.69) is 10.2 Å². The lowest BCUT2D eigenvalue weighted by molar-refractivity contribution is -0.149. The van der Waals surface area contributed by atoms with Gasteiger partial charge in [0, 0.05) is 12.6 Å². The minimum Gasteiger partial charge on any atom is -0.461 e. The molecule has 10 nitrogen and oxygen atoms in total. The minimum atomic E-state index is -4.21. The number of piperazine rings is 1. The summed E-state index contributed by atoms with van der Waals surface area (Å²) in [6.45, 7) is 0.943. The maximum atomic E-state index is 12.7. The molecule has 0 unspecified atom stereocenters. The average molecular weight is 420 g/mol. The van der Waals surface area contributed by atoms with Crippen molar-refractivity contribution in [3.63, 3.8) is 0 Å². The molecule has 1 aromatic carbocycles. The van der Waals surface area contributed by atoms with Crippen LogP contribution in [0.25, 0.3) is 0 Å². The normalized spacial score (nSPS) is 15.6. The number of hydrogen-bond donors (Lipinski definition) is 1. The zero-order valence-electron chi connectivity index (χ0n) is 15.7. The second-order valence-corrected chi connectivity index (χ2v) is 8.19. The van der Waals surface area contributed by atoms with Crippen molar-refractivity contribution >= 4 is 27.8 Å². The summed E-state index contributed by atoms with van der Waals surface area (Å²) in [7, 11) is -4.21. The fourth-order valence-electron chi connectivity index (χ4n) is 2.86. The van der Waals surface area contributed by atoms with Crippen LogP contribution in [0.1, 0.15) is 23.0 Å². The Kier molecular flexibility index (Phi) is 6.09. The van der Waals surface area contributed by atoms with Gasteiger partial charge < -0.3 is 4.74 Å². The number of H-pyrrole nitrogens is 1. The molecule has 1 aliphatic heterocycles. The van der Waals surface area contributed by atoms with Crippen LogP contribution in [0, 0.1) is 0 Å². The van der Waals surface area contributed by atoms with E-state index in [4.69, 9.17) is 4.74 Å².